The monoisotopic (exact) mass is 363 g/mol. The molecule has 6 heteroatoms. The lowest BCUT2D eigenvalue weighted by Gasteiger charge is -2.05. The Kier molecular flexibility index (Phi) is 4.41. The molecule has 0 aliphatic heterocycles. The molecule has 1 N–H and O–H groups in total. The largest absolute Gasteiger partial charge is 0.310 e. The minimum absolute atomic E-state index is 0.0963. The Bertz CT molecular complexity index is 1040. The highest BCUT2D eigenvalue weighted by Gasteiger charge is 2.09. The van der Waals surface area contributed by atoms with E-state index in [0.29, 0.717) is 11.4 Å². The second-order valence-electron chi connectivity index (χ2n) is 5.77. The molecule has 0 atom stereocenters. The first kappa shape index (κ1) is 16.4. The van der Waals surface area contributed by atoms with Crippen molar-refractivity contribution in [1.29, 1.82) is 0 Å². The molecule has 4 nitrogen and oxygen atoms in total. The summed E-state index contributed by atoms with van der Waals surface area (Å²) in [5.74, 6) is -0.138. The van der Waals surface area contributed by atoms with Gasteiger partial charge >= 0.3 is 0 Å². The summed E-state index contributed by atoms with van der Waals surface area (Å²) >= 11 is 1.60. The summed E-state index contributed by atoms with van der Waals surface area (Å²) in [6, 6.07) is 17.6. The second-order valence-corrected chi connectivity index (χ2v) is 6.80. The number of fused-ring (bicyclic) bond motifs is 1. The summed E-state index contributed by atoms with van der Waals surface area (Å²) in [7, 11) is 0. The Labute approximate surface area is 153 Å². The van der Waals surface area contributed by atoms with Gasteiger partial charge in [0.05, 0.1) is 16.6 Å². The molecular weight excluding hydrogens is 349 g/mol. The number of thiazole rings is 1. The standard InChI is InChI=1S/C20H14FN3OS/c21-15-5-3-4-13(10-15)11-19(25)24-18-9-8-14(12-22-18)20-23-16-6-1-2-7-17(16)26-20/h1-10,12H,11H2,(H,22,24,25). The van der Waals surface area contributed by atoms with E-state index >= 15 is 0 Å². The van der Waals surface area contributed by atoms with Crippen molar-refractivity contribution in [3.8, 4) is 10.6 Å². The second kappa shape index (κ2) is 7.01. The highest BCUT2D eigenvalue weighted by molar-refractivity contribution is 7.21. The van der Waals surface area contributed by atoms with Crippen molar-refractivity contribution in [2.45, 2.75) is 6.42 Å². The van der Waals surface area contributed by atoms with Gasteiger partial charge in [-0.25, -0.2) is 14.4 Å². The van der Waals surface area contributed by atoms with E-state index in [-0.39, 0.29) is 18.1 Å². The molecule has 1 amide bonds. The molecule has 0 aliphatic carbocycles. The minimum Gasteiger partial charge on any atom is -0.310 e. The molecular formula is C20H14FN3OS. The zero-order valence-electron chi connectivity index (χ0n) is 13.6. The van der Waals surface area contributed by atoms with E-state index in [1.807, 2.05) is 30.3 Å². The molecule has 2 aromatic heterocycles. The lowest BCUT2D eigenvalue weighted by molar-refractivity contribution is -0.115. The predicted octanol–water partition coefficient (Wildman–Crippen LogP) is 4.68. The van der Waals surface area contributed by atoms with Gasteiger partial charge in [-0.1, -0.05) is 24.3 Å². The molecule has 4 rings (SSSR count). The van der Waals surface area contributed by atoms with Crippen LogP contribution in [0.4, 0.5) is 10.2 Å². The van der Waals surface area contributed by atoms with Crippen LogP contribution >= 0.6 is 11.3 Å². The number of amides is 1. The van der Waals surface area contributed by atoms with Gasteiger partial charge in [0, 0.05) is 11.8 Å². The molecule has 128 valence electrons. The molecule has 4 aromatic rings. The van der Waals surface area contributed by atoms with Crippen LogP contribution in [-0.4, -0.2) is 15.9 Å². The van der Waals surface area contributed by atoms with Crippen molar-refractivity contribution >= 4 is 33.3 Å². The third-order valence-electron chi connectivity index (χ3n) is 3.83. The minimum atomic E-state index is -0.353. The number of halogens is 1. The Morgan fingerprint density at radius 2 is 1.96 bits per heavy atom. The van der Waals surface area contributed by atoms with Gasteiger partial charge in [0.15, 0.2) is 0 Å². The van der Waals surface area contributed by atoms with E-state index < -0.39 is 0 Å². The van der Waals surface area contributed by atoms with Gasteiger partial charge in [-0.05, 0) is 42.0 Å². The number of rotatable bonds is 4. The zero-order chi connectivity index (χ0) is 17.9. The molecule has 2 aromatic carbocycles. The van der Waals surface area contributed by atoms with Crippen molar-refractivity contribution in [3.63, 3.8) is 0 Å². The molecule has 0 saturated heterocycles. The average Bonchev–Trinajstić information content (AvgIpc) is 3.06. The summed E-state index contributed by atoms with van der Waals surface area (Å²) in [6.45, 7) is 0. The maximum atomic E-state index is 13.2. The van der Waals surface area contributed by atoms with Crippen LogP contribution in [0.5, 0.6) is 0 Å². The average molecular weight is 363 g/mol. The number of carbonyl (C=O) groups is 1. The summed E-state index contributed by atoms with van der Waals surface area (Å²) < 4.78 is 14.3. The van der Waals surface area contributed by atoms with Gasteiger partial charge < -0.3 is 5.32 Å². The van der Waals surface area contributed by atoms with Gasteiger partial charge in [-0.15, -0.1) is 11.3 Å². The topological polar surface area (TPSA) is 54.9 Å². The Balaban J connectivity index is 1.46. The highest BCUT2D eigenvalue weighted by atomic mass is 32.1. The molecule has 0 spiro atoms. The third-order valence-corrected chi connectivity index (χ3v) is 4.91. The summed E-state index contributed by atoms with van der Waals surface area (Å²) in [6.07, 6.45) is 1.79. The number of pyridine rings is 1. The summed E-state index contributed by atoms with van der Waals surface area (Å²) in [5, 5.41) is 3.61. The highest BCUT2D eigenvalue weighted by Crippen LogP contribution is 2.29. The third kappa shape index (κ3) is 3.60. The van der Waals surface area contributed by atoms with Crippen LogP contribution in [0.1, 0.15) is 5.56 Å². The lowest BCUT2D eigenvalue weighted by atomic mass is 10.1. The van der Waals surface area contributed by atoms with Crippen molar-refractivity contribution in [2.24, 2.45) is 0 Å². The molecule has 0 fully saturated rings. The number of nitrogens with zero attached hydrogens (tertiary/aromatic N) is 2. The molecule has 0 unspecified atom stereocenters. The maximum absolute atomic E-state index is 13.2. The Morgan fingerprint density at radius 1 is 1.08 bits per heavy atom. The number of hydrogen-bond acceptors (Lipinski definition) is 4. The number of anilines is 1. The fourth-order valence-corrected chi connectivity index (χ4v) is 3.57. The fourth-order valence-electron chi connectivity index (χ4n) is 2.61. The van der Waals surface area contributed by atoms with Gasteiger partial charge in [-0.2, -0.15) is 0 Å². The summed E-state index contributed by atoms with van der Waals surface area (Å²) in [4.78, 5) is 21.0. The van der Waals surface area contributed by atoms with Crippen molar-refractivity contribution in [3.05, 3.63) is 78.2 Å². The van der Waals surface area contributed by atoms with E-state index in [1.165, 1.54) is 12.1 Å². The Morgan fingerprint density at radius 3 is 2.73 bits per heavy atom. The first-order valence-electron chi connectivity index (χ1n) is 8.04. The van der Waals surface area contributed by atoms with E-state index in [9.17, 15) is 9.18 Å². The van der Waals surface area contributed by atoms with E-state index in [0.717, 1.165) is 20.8 Å². The number of carbonyl (C=O) groups excluding carboxylic acids is 1. The molecule has 26 heavy (non-hydrogen) atoms. The Hall–Kier alpha value is -3.12. The molecule has 0 saturated carbocycles. The molecule has 2 heterocycles. The fraction of sp³-hybridized carbons (Fsp3) is 0.0500. The van der Waals surface area contributed by atoms with Crippen molar-refractivity contribution < 1.29 is 9.18 Å². The molecule has 0 radical (unpaired) electrons. The number of nitrogens with one attached hydrogen (secondary N) is 1. The van der Waals surface area contributed by atoms with Gasteiger partial charge in [0.1, 0.15) is 16.6 Å². The van der Waals surface area contributed by atoms with Gasteiger partial charge in [-0.3, -0.25) is 4.79 Å². The first-order chi connectivity index (χ1) is 12.7. The quantitative estimate of drug-likeness (QED) is 0.573. The van der Waals surface area contributed by atoms with Crippen molar-refractivity contribution in [1.82, 2.24) is 9.97 Å². The van der Waals surface area contributed by atoms with Crippen LogP contribution in [0.3, 0.4) is 0 Å². The van der Waals surface area contributed by atoms with Crippen LogP contribution in [0.15, 0.2) is 66.9 Å². The van der Waals surface area contributed by atoms with Gasteiger partial charge in [0.2, 0.25) is 5.91 Å². The predicted molar refractivity (Wildman–Crippen MR) is 102 cm³/mol. The number of hydrogen-bond donors (Lipinski definition) is 1. The number of benzene rings is 2. The zero-order valence-corrected chi connectivity index (χ0v) is 14.5. The molecule has 0 bridgehead atoms. The lowest BCUT2D eigenvalue weighted by Crippen LogP contribution is -2.15. The van der Waals surface area contributed by atoms with E-state index in [1.54, 1.807) is 35.7 Å². The van der Waals surface area contributed by atoms with E-state index in [2.05, 4.69) is 15.3 Å². The first-order valence-corrected chi connectivity index (χ1v) is 8.85. The smallest absolute Gasteiger partial charge is 0.229 e. The van der Waals surface area contributed by atoms with Crippen LogP contribution in [0.2, 0.25) is 0 Å². The van der Waals surface area contributed by atoms with Crippen molar-refractivity contribution in [2.75, 3.05) is 5.32 Å². The van der Waals surface area contributed by atoms with Crippen LogP contribution in [-0.2, 0) is 11.2 Å². The number of para-hydroxylation sites is 1. The van der Waals surface area contributed by atoms with Crippen LogP contribution < -0.4 is 5.32 Å². The van der Waals surface area contributed by atoms with E-state index in [4.69, 9.17) is 0 Å². The van der Waals surface area contributed by atoms with Crippen LogP contribution in [0.25, 0.3) is 20.8 Å². The molecule has 0 aliphatic rings. The summed E-state index contributed by atoms with van der Waals surface area (Å²) in [5.41, 5.74) is 2.47. The SMILES string of the molecule is O=C(Cc1cccc(F)c1)Nc1ccc(-c2nc3ccccc3s2)cn1. The number of aromatic nitrogens is 2. The van der Waals surface area contributed by atoms with Crippen LogP contribution in [0, 0.1) is 5.82 Å². The maximum Gasteiger partial charge on any atom is 0.229 e. The van der Waals surface area contributed by atoms with Gasteiger partial charge in [0.25, 0.3) is 0 Å². The normalized spacial score (nSPS) is 10.8.